The number of aromatic nitrogens is 2. The number of carbonyl (C=O) groups is 5. The maximum absolute atomic E-state index is 14.3. The molecule has 3 radical (unpaired) electrons. The van der Waals surface area contributed by atoms with Crippen LogP contribution in [-0.2, 0) is 51.1 Å². The number of likely N-dealkylation sites (N-methyl/N-ethyl adjacent to an activating group) is 1. The van der Waals surface area contributed by atoms with E-state index in [1.165, 1.54) is 16.0 Å². The van der Waals surface area contributed by atoms with E-state index in [0.717, 1.165) is 52.2 Å². The molecule has 4 fully saturated rings. The van der Waals surface area contributed by atoms with E-state index in [9.17, 15) is 24.0 Å². The first kappa shape index (κ1) is 53.5. The normalized spacial score (nSPS) is 22.0. The fourth-order valence-electron chi connectivity index (χ4n) is 10.7. The second-order valence-corrected chi connectivity index (χ2v) is 21.2. The number of fused-ring (bicyclic) bond motifs is 2. The summed E-state index contributed by atoms with van der Waals surface area (Å²) in [5.41, 5.74) is 8.78. The molecule has 385 valence electrons. The van der Waals surface area contributed by atoms with Crippen molar-refractivity contribution in [1.82, 2.24) is 40.0 Å². The minimum absolute atomic E-state index is 0.0803. The molecule has 2 aromatic heterocycles. The van der Waals surface area contributed by atoms with E-state index in [2.05, 4.69) is 82.1 Å². The van der Waals surface area contributed by atoms with E-state index in [0.29, 0.717) is 58.7 Å². The van der Waals surface area contributed by atoms with Crippen LogP contribution in [0.2, 0.25) is 0 Å². The van der Waals surface area contributed by atoms with Crippen molar-refractivity contribution < 1.29 is 42.9 Å². The number of pyridine rings is 1. The molecule has 6 heterocycles. The summed E-state index contributed by atoms with van der Waals surface area (Å²) < 4.78 is 26.0. The number of morpholine rings is 2. The van der Waals surface area contributed by atoms with Crippen molar-refractivity contribution in [3.8, 4) is 11.3 Å². The van der Waals surface area contributed by atoms with Gasteiger partial charge in [0, 0.05) is 87.2 Å². The van der Waals surface area contributed by atoms with Gasteiger partial charge in [-0.05, 0) is 87.4 Å². The zero-order chi connectivity index (χ0) is 51.4. The lowest BCUT2D eigenvalue weighted by atomic mass is 9.84. The zero-order valence-electron chi connectivity index (χ0n) is 43.1. The average molecular weight is 997 g/mol. The lowest BCUT2D eigenvalue weighted by Gasteiger charge is -2.41. The summed E-state index contributed by atoms with van der Waals surface area (Å²) in [6.45, 7) is 22.8. The van der Waals surface area contributed by atoms with Crippen molar-refractivity contribution in [3.05, 3.63) is 60.4 Å². The maximum atomic E-state index is 14.3. The number of amides is 5. The van der Waals surface area contributed by atoms with Gasteiger partial charge in [-0.3, -0.25) is 29.2 Å². The number of hydrogen-bond donors (Lipinski definition) is 2. The minimum Gasteiger partial charge on any atom is -0.464 e. The number of benzene rings is 1. The van der Waals surface area contributed by atoms with Crippen LogP contribution in [0.3, 0.4) is 0 Å². The highest BCUT2D eigenvalue weighted by Crippen LogP contribution is 2.42. The number of ether oxygens (including phenoxy) is 4. The van der Waals surface area contributed by atoms with Gasteiger partial charge in [-0.1, -0.05) is 41.2 Å². The summed E-state index contributed by atoms with van der Waals surface area (Å²) in [5, 5.41) is 4.00. The number of methoxy groups -OCH3 is 1. The van der Waals surface area contributed by atoms with Crippen molar-refractivity contribution >= 4 is 56.6 Å². The Morgan fingerprint density at radius 2 is 1.82 bits per heavy atom. The maximum Gasteiger partial charge on any atom is 0.323 e. The predicted octanol–water partition coefficient (Wildman–Crippen LogP) is 4.44. The fourth-order valence-corrected chi connectivity index (χ4v) is 11.0. The quantitative estimate of drug-likeness (QED) is 0.111. The Morgan fingerprint density at radius 1 is 1.07 bits per heavy atom. The monoisotopic (exact) mass is 997 g/mol. The number of nitrogens with zero attached hydrogens (tertiary/aromatic N) is 7. The molecule has 4 aliphatic heterocycles. The molecule has 0 saturated carbocycles. The fraction of sp³-hybridized carbons (Fsp3) is 0.615. The Morgan fingerprint density at radius 3 is 2.49 bits per heavy atom. The smallest absolute Gasteiger partial charge is 0.323 e. The predicted molar refractivity (Wildman–Crippen MR) is 271 cm³/mol. The van der Waals surface area contributed by atoms with Gasteiger partial charge in [-0.15, -0.1) is 0 Å². The van der Waals surface area contributed by atoms with Crippen LogP contribution in [-0.4, -0.2) is 178 Å². The second kappa shape index (κ2) is 22.6. The molecule has 3 aromatic rings. The van der Waals surface area contributed by atoms with Crippen LogP contribution >= 0.6 is 0 Å². The molecule has 0 bridgehead atoms. The van der Waals surface area contributed by atoms with Crippen molar-refractivity contribution in [2.75, 3.05) is 84.8 Å². The van der Waals surface area contributed by atoms with E-state index in [1.807, 2.05) is 26.8 Å². The Kier molecular flexibility index (Phi) is 17.0. The van der Waals surface area contributed by atoms with Crippen LogP contribution in [0.15, 0.2) is 49.2 Å². The minimum atomic E-state index is -1.42. The van der Waals surface area contributed by atoms with Crippen molar-refractivity contribution in [2.45, 2.75) is 116 Å². The summed E-state index contributed by atoms with van der Waals surface area (Å²) in [6.07, 6.45) is 4.11. The summed E-state index contributed by atoms with van der Waals surface area (Å²) in [5.74, 6) is -1.99. The molecule has 2 N–H and O–H groups in total. The van der Waals surface area contributed by atoms with E-state index >= 15 is 0 Å². The molecule has 4 saturated heterocycles. The van der Waals surface area contributed by atoms with Crippen LogP contribution in [0, 0.1) is 11.3 Å². The molecule has 7 rings (SSSR count). The molecule has 18 nitrogen and oxygen atoms in total. The molecule has 0 aliphatic carbocycles. The van der Waals surface area contributed by atoms with Crippen LogP contribution in [0.1, 0.15) is 85.1 Å². The van der Waals surface area contributed by atoms with Gasteiger partial charge < -0.3 is 48.4 Å². The van der Waals surface area contributed by atoms with Crippen LogP contribution < -0.4 is 15.6 Å². The average Bonchev–Trinajstić information content (AvgIpc) is 3.95. The number of nitrogens with one attached hydrogen (secondary N) is 2. The van der Waals surface area contributed by atoms with Gasteiger partial charge in [0.2, 0.25) is 11.8 Å². The summed E-state index contributed by atoms with van der Waals surface area (Å²) in [6, 6.07) is 8.15. The first-order chi connectivity index (χ1) is 33.9. The molecule has 5 amide bonds. The lowest BCUT2D eigenvalue weighted by molar-refractivity contribution is -0.158. The summed E-state index contributed by atoms with van der Waals surface area (Å²) in [4.78, 5) is 81.0. The Labute approximate surface area is 422 Å². The summed E-state index contributed by atoms with van der Waals surface area (Å²) >= 11 is 0. The number of aryl methyl sites for hydroxylation is 1. The molecule has 0 spiro atoms. The Hall–Kier alpha value is -5.34. The number of urea groups is 1. The SMILES string of the molecule is C=CC(=O)N1CCO[C@H]2CN(C(=O)N(C)[C@H](C(=O)N[C@@H](CC)C(=O)N3CCC[C@]([Si])(C(=O)OCC(C)(C)Cc4c(-c5cccnc5[C@H](C)OC)n(CC)c5ccc(N6CCOCC6)cc45)N3)C(C)C)C[C@H]21. The highest BCUT2D eigenvalue weighted by molar-refractivity contribution is 6.27. The van der Waals surface area contributed by atoms with Gasteiger partial charge in [0.25, 0.3) is 5.91 Å². The third-order valence-corrected chi connectivity index (χ3v) is 15.0. The van der Waals surface area contributed by atoms with Gasteiger partial charge in [0.1, 0.15) is 17.2 Å². The highest BCUT2D eigenvalue weighted by Gasteiger charge is 2.46. The van der Waals surface area contributed by atoms with Gasteiger partial charge in [-0.25, -0.2) is 10.2 Å². The number of likely N-dealkylation sites (tertiary alicyclic amines) is 1. The third-order valence-electron chi connectivity index (χ3n) is 14.5. The van der Waals surface area contributed by atoms with E-state index in [4.69, 9.17) is 23.9 Å². The molecule has 4 aliphatic rings. The lowest BCUT2D eigenvalue weighted by Crippen LogP contribution is -2.67. The molecule has 71 heavy (non-hydrogen) atoms. The topological polar surface area (TPSA) is 180 Å². The number of anilines is 1. The Balaban J connectivity index is 1.04. The largest absolute Gasteiger partial charge is 0.464 e. The third kappa shape index (κ3) is 11.3. The van der Waals surface area contributed by atoms with Crippen molar-refractivity contribution in [2.24, 2.45) is 11.3 Å². The van der Waals surface area contributed by atoms with Gasteiger partial charge in [0.15, 0.2) is 0 Å². The highest BCUT2D eigenvalue weighted by atomic mass is 28.1. The number of hydrazine groups is 1. The van der Waals surface area contributed by atoms with E-state index in [1.54, 1.807) is 37.1 Å². The zero-order valence-corrected chi connectivity index (χ0v) is 44.1. The molecule has 6 atom stereocenters. The van der Waals surface area contributed by atoms with Crippen LogP contribution in [0.25, 0.3) is 22.2 Å². The van der Waals surface area contributed by atoms with Gasteiger partial charge in [-0.2, -0.15) is 0 Å². The van der Waals surface area contributed by atoms with Crippen molar-refractivity contribution in [3.63, 3.8) is 0 Å². The molecule has 0 unspecified atom stereocenters. The molecule has 19 heteroatoms. The molecular weight excluding hydrogens is 923 g/mol. The first-order valence-corrected chi connectivity index (χ1v) is 25.7. The van der Waals surface area contributed by atoms with E-state index in [-0.39, 0.29) is 62.2 Å². The number of esters is 1. The number of carbonyl (C=O) groups excluding carboxylic acids is 5. The van der Waals surface area contributed by atoms with Crippen molar-refractivity contribution in [1.29, 1.82) is 0 Å². The van der Waals surface area contributed by atoms with Crippen LogP contribution in [0.4, 0.5) is 10.5 Å². The number of hydrogen-bond acceptors (Lipinski definition) is 12. The molecular formula is C52H74N9O9Si. The Bertz CT molecular complexity index is 2440. The van der Waals surface area contributed by atoms with Gasteiger partial charge >= 0.3 is 12.0 Å². The van der Waals surface area contributed by atoms with Crippen LogP contribution in [0.5, 0.6) is 0 Å². The standard InChI is InChI=1S/C52H74N9O9Si/c1-11-39(54-47(63)45(33(4)5)56(9)50(66)58-30-41-42(31-58)69-27-24-60(41)43(62)12-2)48(64)61-21-15-19-52(71,55-61)49(65)70-32-51(7,8)29-38-37-28-35(57-22-25-68-26-23-57)17-18-40(37)59(13-3)46(38)36-16-14-20-53-44(36)34(6)67-10/h12,14,16-18,20,28,33-34,39,41-42,45,55H,2,11,13,15,19,21-27,29-32H2,1,3-10H3,(H,54,63)/t34-,39-,41+,42-,45-,52-/m0/s1. The second-order valence-electron chi connectivity index (χ2n) is 20.4. The summed E-state index contributed by atoms with van der Waals surface area (Å²) in [7, 11) is 6.98. The number of rotatable bonds is 17. The molecule has 1 aromatic carbocycles. The first-order valence-electron chi connectivity index (χ1n) is 25.2. The van der Waals surface area contributed by atoms with Gasteiger partial charge in [0.05, 0.1) is 72.9 Å². The van der Waals surface area contributed by atoms with E-state index < -0.39 is 40.4 Å².